The van der Waals surface area contributed by atoms with Crippen molar-refractivity contribution in [2.24, 2.45) is 0 Å². The number of rotatable bonds is 5. The standard InChI is InChI=1S/C13H16O6/c1-4-19-7-8-5-6-9(14)11(13(16)18-3)10(8)12(15)17-2/h5-6,14H,4,7H2,1-3H3. The lowest BCUT2D eigenvalue weighted by atomic mass is 10.00. The molecule has 1 aromatic rings. The van der Waals surface area contributed by atoms with Crippen molar-refractivity contribution in [2.45, 2.75) is 13.5 Å². The van der Waals surface area contributed by atoms with E-state index in [1.807, 2.05) is 0 Å². The van der Waals surface area contributed by atoms with Crippen LogP contribution < -0.4 is 0 Å². The topological polar surface area (TPSA) is 82.1 Å². The Balaban J connectivity index is 3.41. The molecule has 1 rings (SSSR count). The van der Waals surface area contributed by atoms with Crippen LogP contribution in [0.25, 0.3) is 0 Å². The number of esters is 2. The van der Waals surface area contributed by atoms with Crippen LogP contribution in [-0.2, 0) is 20.8 Å². The second kappa shape index (κ2) is 6.75. The predicted molar refractivity (Wildman–Crippen MR) is 66.1 cm³/mol. The van der Waals surface area contributed by atoms with Crippen LogP contribution >= 0.6 is 0 Å². The first-order valence-corrected chi connectivity index (χ1v) is 5.66. The third-order valence-electron chi connectivity index (χ3n) is 2.51. The monoisotopic (exact) mass is 268 g/mol. The molecule has 0 bridgehead atoms. The molecule has 1 aromatic carbocycles. The van der Waals surface area contributed by atoms with Crippen molar-refractivity contribution in [3.8, 4) is 5.75 Å². The number of phenols is 1. The fourth-order valence-corrected chi connectivity index (χ4v) is 1.61. The van der Waals surface area contributed by atoms with Gasteiger partial charge in [-0.25, -0.2) is 9.59 Å². The number of carbonyl (C=O) groups excluding carboxylic acids is 2. The van der Waals surface area contributed by atoms with Gasteiger partial charge in [0.2, 0.25) is 0 Å². The van der Waals surface area contributed by atoms with Crippen molar-refractivity contribution < 1.29 is 28.9 Å². The molecule has 0 amide bonds. The van der Waals surface area contributed by atoms with Gasteiger partial charge in [0.15, 0.2) is 0 Å². The number of carbonyl (C=O) groups is 2. The second-order valence-electron chi connectivity index (χ2n) is 3.61. The summed E-state index contributed by atoms with van der Waals surface area (Å²) >= 11 is 0. The molecule has 0 spiro atoms. The number of aromatic hydroxyl groups is 1. The Morgan fingerprint density at radius 3 is 2.21 bits per heavy atom. The molecule has 0 aromatic heterocycles. The molecule has 0 aliphatic heterocycles. The van der Waals surface area contributed by atoms with E-state index in [2.05, 4.69) is 9.47 Å². The summed E-state index contributed by atoms with van der Waals surface area (Å²) in [6.07, 6.45) is 0. The minimum Gasteiger partial charge on any atom is -0.507 e. The van der Waals surface area contributed by atoms with Crippen LogP contribution in [0.5, 0.6) is 5.75 Å². The molecule has 0 aliphatic rings. The number of ether oxygens (including phenoxy) is 3. The summed E-state index contributed by atoms with van der Waals surface area (Å²) < 4.78 is 14.4. The Kier molecular flexibility index (Phi) is 5.32. The summed E-state index contributed by atoms with van der Waals surface area (Å²) in [5.74, 6) is -1.88. The van der Waals surface area contributed by atoms with Gasteiger partial charge in [-0.3, -0.25) is 0 Å². The van der Waals surface area contributed by atoms with Crippen LogP contribution in [0, 0.1) is 0 Å². The van der Waals surface area contributed by atoms with Crippen molar-refractivity contribution in [1.29, 1.82) is 0 Å². The fourth-order valence-electron chi connectivity index (χ4n) is 1.61. The first kappa shape index (κ1) is 15.0. The summed E-state index contributed by atoms with van der Waals surface area (Å²) in [6.45, 7) is 2.39. The van der Waals surface area contributed by atoms with Gasteiger partial charge in [-0.1, -0.05) is 6.07 Å². The molecule has 0 aliphatic carbocycles. The lowest BCUT2D eigenvalue weighted by molar-refractivity contribution is 0.0546. The van der Waals surface area contributed by atoms with E-state index in [1.54, 1.807) is 6.92 Å². The van der Waals surface area contributed by atoms with Crippen molar-refractivity contribution in [1.82, 2.24) is 0 Å². The Bertz CT molecular complexity index is 480. The van der Waals surface area contributed by atoms with Crippen LogP contribution in [0.2, 0.25) is 0 Å². The first-order chi connectivity index (χ1) is 9.06. The van der Waals surface area contributed by atoms with Gasteiger partial charge in [0, 0.05) is 6.61 Å². The minimum absolute atomic E-state index is 0.0391. The number of methoxy groups -OCH3 is 2. The predicted octanol–water partition coefficient (Wildman–Crippen LogP) is 1.50. The van der Waals surface area contributed by atoms with Crippen molar-refractivity contribution in [3.05, 3.63) is 28.8 Å². The summed E-state index contributed by atoms with van der Waals surface area (Å²) in [6, 6.07) is 2.82. The van der Waals surface area contributed by atoms with Crippen LogP contribution in [0.15, 0.2) is 12.1 Å². The van der Waals surface area contributed by atoms with Crippen molar-refractivity contribution >= 4 is 11.9 Å². The summed E-state index contributed by atoms with van der Waals surface area (Å²) in [5.41, 5.74) is 0.196. The number of benzene rings is 1. The lowest BCUT2D eigenvalue weighted by Crippen LogP contribution is -2.15. The van der Waals surface area contributed by atoms with Gasteiger partial charge in [0.05, 0.1) is 26.4 Å². The van der Waals surface area contributed by atoms with Gasteiger partial charge in [-0.15, -0.1) is 0 Å². The van der Waals surface area contributed by atoms with Gasteiger partial charge in [0.1, 0.15) is 11.3 Å². The Hall–Kier alpha value is -2.08. The van der Waals surface area contributed by atoms with E-state index >= 15 is 0 Å². The minimum atomic E-state index is -0.809. The molecule has 104 valence electrons. The molecule has 0 unspecified atom stereocenters. The number of phenolic OH excluding ortho intramolecular Hbond substituents is 1. The van der Waals surface area contributed by atoms with E-state index in [4.69, 9.17) is 4.74 Å². The maximum atomic E-state index is 11.8. The summed E-state index contributed by atoms with van der Waals surface area (Å²) in [4.78, 5) is 23.5. The van der Waals surface area contributed by atoms with E-state index in [-0.39, 0.29) is 23.5 Å². The quantitative estimate of drug-likeness (QED) is 0.815. The van der Waals surface area contributed by atoms with Gasteiger partial charge in [0.25, 0.3) is 0 Å². The molecule has 0 heterocycles. The van der Waals surface area contributed by atoms with Crippen LogP contribution in [0.4, 0.5) is 0 Å². The molecule has 0 saturated heterocycles. The molecule has 6 nitrogen and oxygen atoms in total. The van der Waals surface area contributed by atoms with Gasteiger partial charge >= 0.3 is 11.9 Å². The van der Waals surface area contributed by atoms with Gasteiger partial charge in [-0.05, 0) is 18.6 Å². The average Bonchev–Trinajstić information content (AvgIpc) is 2.43. The zero-order valence-electron chi connectivity index (χ0n) is 11.1. The molecular formula is C13H16O6. The summed E-state index contributed by atoms with van der Waals surface area (Å²) in [7, 11) is 2.36. The highest BCUT2D eigenvalue weighted by Crippen LogP contribution is 2.27. The Morgan fingerprint density at radius 1 is 1.11 bits per heavy atom. The van der Waals surface area contributed by atoms with Crippen LogP contribution in [0.3, 0.4) is 0 Å². The molecule has 19 heavy (non-hydrogen) atoms. The third-order valence-corrected chi connectivity index (χ3v) is 2.51. The van der Waals surface area contributed by atoms with E-state index in [1.165, 1.54) is 19.2 Å². The maximum absolute atomic E-state index is 11.8. The van der Waals surface area contributed by atoms with Gasteiger partial charge in [-0.2, -0.15) is 0 Å². The van der Waals surface area contributed by atoms with Crippen molar-refractivity contribution in [2.75, 3.05) is 20.8 Å². The molecule has 0 fully saturated rings. The van der Waals surface area contributed by atoms with Crippen molar-refractivity contribution in [3.63, 3.8) is 0 Å². The SMILES string of the molecule is CCOCc1ccc(O)c(C(=O)OC)c1C(=O)OC. The average molecular weight is 268 g/mol. The largest absolute Gasteiger partial charge is 0.507 e. The zero-order chi connectivity index (χ0) is 14.4. The number of hydrogen-bond acceptors (Lipinski definition) is 6. The normalized spacial score (nSPS) is 10.1. The molecule has 6 heteroatoms. The molecule has 0 radical (unpaired) electrons. The molecule has 0 atom stereocenters. The van der Waals surface area contributed by atoms with E-state index in [0.29, 0.717) is 12.2 Å². The highest BCUT2D eigenvalue weighted by molar-refractivity contribution is 6.06. The maximum Gasteiger partial charge on any atom is 0.342 e. The smallest absolute Gasteiger partial charge is 0.342 e. The summed E-state index contributed by atoms with van der Waals surface area (Å²) in [5, 5.41) is 9.74. The van der Waals surface area contributed by atoms with E-state index < -0.39 is 11.9 Å². The Morgan fingerprint density at radius 2 is 1.68 bits per heavy atom. The van der Waals surface area contributed by atoms with E-state index in [9.17, 15) is 14.7 Å². The molecule has 0 saturated carbocycles. The highest BCUT2D eigenvalue weighted by Gasteiger charge is 2.25. The second-order valence-corrected chi connectivity index (χ2v) is 3.61. The van der Waals surface area contributed by atoms with Crippen LogP contribution in [0.1, 0.15) is 33.2 Å². The molecule has 1 N–H and O–H groups in total. The van der Waals surface area contributed by atoms with Gasteiger partial charge < -0.3 is 19.3 Å². The fraction of sp³-hybridized carbons (Fsp3) is 0.385. The molecular weight excluding hydrogens is 252 g/mol. The Labute approximate surface area is 110 Å². The first-order valence-electron chi connectivity index (χ1n) is 5.66. The van der Waals surface area contributed by atoms with Crippen LogP contribution in [-0.4, -0.2) is 37.9 Å². The third kappa shape index (κ3) is 3.23. The number of hydrogen-bond donors (Lipinski definition) is 1. The zero-order valence-corrected chi connectivity index (χ0v) is 11.1. The lowest BCUT2D eigenvalue weighted by Gasteiger charge is -2.13. The highest BCUT2D eigenvalue weighted by atomic mass is 16.5. The van der Waals surface area contributed by atoms with E-state index in [0.717, 1.165) is 7.11 Å².